The van der Waals surface area contributed by atoms with E-state index in [1.807, 2.05) is 56.4 Å². The summed E-state index contributed by atoms with van der Waals surface area (Å²) >= 11 is 2.90. The Kier molecular flexibility index (Phi) is 9.38. The van der Waals surface area contributed by atoms with Gasteiger partial charge >= 0.3 is 183 Å². The van der Waals surface area contributed by atoms with Gasteiger partial charge < -0.3 is 0 Å². The zero-order valence-electron chi connectivity index (χ0n) is 18.4. The maximum atomic E-state index is 9.82. The van der Waals surface area contributed by atoms with Crippen molar-refractivity contribution in [2.75, 3.05) is 12.4 Å². The van der Waals surface area contributed by atoms with Gasteiger partial charge in [0.1, 0.15) is 0 Å². The van der Waals surface area contributed by atoms with E-state index in [4.69, 9.17) is 9.84 Å². The molecule has 0 aliphatic rings. The van der Waals surface area contributed by atoms with Crippen molar-refractivity contribution in [3.63, 3.8) is 0 Å². The van der Waals surface area contributed by atoms with Gasteiger partial charge in [0.25, 0.3) is 0 Å². The molecule has 7 nitrogen and oxygen atoms in total. The predicted octanol–water partition coefficient (Wildman–Crippen LogP) is 4.34. The van der Waals surface area contributed by atoms with Crippen molar-refractivity contribution < 1.29 is 14.9 Å². The summed E-state index contributed by atoms with van der Waals surface area (Å²) in [7, 11) is 0. The van der Waals surface area contributed by atoms with Crippen LogP contribution in [0.15, 0.2) is 76.9 Å². The molecule has 3 aromatic rings. The van der Waals surface area contributed by atoms with Crippen LogP contribution < -0.4 is 9.54 Å². The van der Waals surface area contributed by atoms with Crippen molar-refractivity contribution in [1.82, 2.24) is 15.0 Å². The van der Waals surface area contributed by atoms with Gasteiger partial charge in [0.05, 0.1) is 0 Å². The van der Waals surface area contributed by atoms with Crippen LogP contribution in [0.5, 0.6) is 11.5 Å². The number of nitrogens with zero attached hydrogens (tertiary/aromatic N) is 3. The van der Waals surface area contributed by atoms with Crippen LogP contribution in [0.4, 0.5) is 5.82 Å². The molecular weight excluding hydrogens is 455 g/mol. The standard InChI is InChI=1S/C23H25BN4O3S2/c1-4-5-6-8-15(2)14-32-17-11-20(31-19-9-7-10-25-16(19)3)22(26-12-17)28-23-27-21(24-33-23)18(30)13-29/h4-12,18,29-30H,2,13-14H2,1,3H3,(H,26,27,28)/b5-4-,8-6-. The Labute approximate surface area is 201 Å². The Hall–Kier alpha value is -2.79. The molecule has 3 rings (SSSR count). The van der Waals surface area contributed by atoms with Crippen molar-refractivity contribution in [2.24, 2.45) is 4.99 Å². The molecule has 0 radical (unpaired) electrons. The molecule has 3 N–H and O–H groups in total. The molecule has 1 unspecified atom stereocenters. The van der Waals surface area contributed by atoms with Crippen molar-refractivity contribution in [2.45, 2.75) is 24.8 Å². The summed E-state index contributed by atoms with van der Waals surface area (Å²) < 4.78 is 6.14. The van der Waals surface area contributed by atoms with Crippen molar-refractivity contribution in [3.8, 4) is 11.5 Å². The van der Waals surface area contributed by atoms with Crippen LogP contribution >= 0.6 is 22.9 Å². The molecule has 0 saturated carbocycles. The van der Waals surface area contributed by atoms with Gasteiger partial charge in [-0.15, -0.1) is 0 Å². The molecule has 1 atom stereocenters. The zero-order valence-corrected chi connectivity index (χ0v) is 20.1. The first kappa shape index (κ1) is 24.8. The average Bonchev–Trinajstić information content (AvgIpc) is 3.29. The fourth-order valence-electron chi connectivity index (χ4n) is 2.59. The molecule has 0 fully saturated rings. The molecule has 0 aliphatic heterocycles. The summed E-state index contributed by atoms with van der Waals surface area (Å²) in [6, 6.07) is 5.54. The number of aromatic amines is 1. The zero-order chi connectivity index (χ0) is 23.6. The van der Waals surface area contributed by atoms with Crippen LogP contribution in [0.25, 0.3) is 0 Å². The fourth-order valence-corrected chi connectivity index (χ4v) is 4.13. The number of hydrogen-bond donors (Lipinski definition) is 3. The number of allylic oxidation sites excluding steroid dienone is 4. The van der Waals surface area contributed by atoms with Gasteiger partial charge in [-0.3, -0.25) is 0 Å². The minimum absolute atomic E-state index is 0.374. The number of aliphatic hydroxyl groups excluding tert-OH is 2. The first-order valence-electron chi connectivity index (χ1n) is 10.2. The van der Waals surface area contributed by atoms with Crippen LogP contribution in [0.1, 0.15) is 24.3 Å². The predicted molar refractivity (Wildman–Crippen MR) is 134 cm³/mol. The second-order valence-electron chi connectivity index (χ2n) is 6.94. The SMILES string of the molecule is C=C(/C=C\C=C/C)CSc1cnc(/N=c2/[nH]c(C(O)CO)bs2)c(Oc2cccnc2C)c1. The molecule has 0 saturated heterocycles. The number of ether oxygens (including phenoxy) is 1. The average molecular weight is 480 g/mol. The van der Waals surface area contributed by atoms with Crippen LogP contribution in [-0.4, -0.2) is 43.7 Å². The normalized spacial score (nSPS) is 13.0. The van der Waals surface area contributed by atoms with Gasteiger partial charge in [0, 0.05) is 0 Å². The Balaban J connectivity index is 1.90. The molecule has 3 aromatic heterocycles. The topological polar surface area (TPSA) is 104 Å². The van der Waals surface area contributed by atoms with Gasteiger partial charge in [0.15, 0.2) is 0 Å². The molecule has 10 heteroatoms. The van der Waals surface area contributed by atoms with E-state index in [1.54, 1.807) is 30.3 Å². The van der Waals surface area contributed by atoms with E-state index in [0.29, 0.717) is 33.5 Å². The number of H-pyrrole nitrogens is 1. The van der Waals surface area contributed by atoms with E-state index in [1.165, 1.54) is 11.2 Å². The van der Waals surface area contributed by atoms with E-state index >= 15 is 0 Å². The van der Waals surface area contributed by atoms with Crippen LogP contribution in [-0.2, 0) is 0 Å². The fraction of sp³-hybridized carbons (Fsp3) is 0.217. The van der Waals surface area contributed by atoms with E-state index in [-0.39, 0.29) is 6.61 Å². The number of aryl methyl sites for hydroxylation is 1. The molecule has 0 amide bonds. The Morgan fingerprint density at radius 2 is 2.24 bits per heavy atom. The third-order valence-corrected chi connectivity index (χ3v) is 6.19. The van der Waals surface area contributed by atoms with Gasteiger partial charge in [-0.1, -0.05) is 12.2 Å². The first-order valence-corrected chi connectivity index (χ1v) is 12.1. The molecule has 0 spiro atoms. The summed E-state index contributed by atoms with van der Waals surface area (Å²) in [6.45, 7) is 7.54. The Morgan fingerprint density at radius 1 is 1.39 bits per heavy atom. The second kappa shape index (κ2) is 12.5. The first-order chi connectivity index (χ1) is 16.0. The third-order valence-electron chi connectivity index (χ3n) is 4.33. The van der Waals surface area contributed by atoms with E-state index in [9.17, 15) is 5.11 Å². The molecule has 33 heavy (non-hydrogen) atoms. The third kappa shape index (κ3) is 7.36. The Bertz CT molecular complexity index is 1220. The second-order valence-corrected chi connectivity index (χ2v) is 8.85. The maximum absolute atomic E-state index is 9.82. The summed E-state index contributed by atoms with van der Waals surface area (Å²) in [6.07, 6.45) is 12.0. The van der Waals surface area contributed by atoms with E-state index in [0.717, 1.165) is 16.2 Å². The van der Waals surface area contributed by atoms with Gasteiger partial charge in [-0.05, 0) is 6.92 Å². The molecule has 0 aliphatic carbocycles. The van der Waals surface area contributed by atoms with E-state index < -0.39 is 6.10 Å². The van der Waals surface area contributed by atoms with Crippen molar-refractivity contribution in [1.29, 1.82) is 0 Å². The summed E-state index contributed by atoms with van der Waals surface area (Å²) in [4.78, 5) is 17.8. The van der Waals surface area contributed by atoms with Crippen LogP contribution in [0, 0.1) is 6.92 Å². The number of hydrogen-bond acceptors (Lipinski definition) is 8. The monoisotopic (exact) mass is 480 g/mol. The van der Waals surface area contributed by atoms with Crippen molar-refractivity contribution in [3.05, 3.63) is 83.1 Å². The van der Waals surface area contributed by atoms with Gasteiger partial charge in [0.2, 0.25) is 0 Å². The molecule has 170 valence electrons. The molecule has 3 heterocycles. The number of thioether (sulfide) groups is 1. The van der Waals surface area contributed by atoms with Gasteiger partial charge in [-0.2, -0.15) is 0 Å². The molecule has 0 aromatic carbocycles. The molecular formula is C23H25BN4O3S2. The number of nitrogens with one attached hydrogen (secondary N) is 1. The number of aliphatic hydroxyl groups is 2. The molecule has 0 bridgehead atoms. The minimum atomic E-state index is -0.985. The van der Waals surface area contributed by atoms with Crippen molar-refractivity contribution >= 4 is 34.9 Å². The summed E-state index contributed by atoms with van der Waals surface area (Å²) in [5, 5.41) is 19.0. The summed E-state index contributed by atoms with van der Waals surface area (Å²) in [5.41, 5.74) is 2.23. The van der Waals surface area contributed by atoms with Crippen LogP contribution in [0.3, 0.4) is 0 Å². The van der Waals surface area contributed by atoms with Crippen LogP contribution in [0.2, 0.25) is 0 Å². The number of aromatic nitrogens is 3. The Morgan fingerprint density at radius 3 is 3.00 bits per heavy atom. The number of pyridine rings is 2. The summed E-state index contributed by atoms with van der Waals surface area (Å²) in [5.74, 6) is 2.19. The quantitative estimate of drug-likeness (QED) is 0.295. The number of rotatable bonds is 10. The van der Waals surface area contributed by atoms with E-state index in [2.05, 4.69) is 26.5 Å². The van der Waals surface area contributed by atoms with Gasteiger partial charge in [-0.25, -0.2) is 0 Å².